The minimum Gasteiger partial charge on any atom is -0.456 e. The van der Waals surface area contributed by atoms with E-state index < -0.39 is 0 Å². The number of para-hydroxylation sites is 1. The number of fused-ring (bicyclic) bond motifs is 3. The largest absolute Gasteiger partial charge is 0.456 e. The van der Waals surface area contributed by atoms with Gasteiger partial charge < -0.3 is 4.42 Å². The lowest BCUT2D eigenvalue weighted by Crippen LogP contribution is -1.94. The van der Waals surface area contributed by atoms with Crippen molar-refractivity contribution in [2.24, 2.45) is 0 Å². The van der Waals surface area contributed by atoms with Crippen molar-refractivity contribution >= 4 is 27.6 Å². The zero-order valence-electron chi connectivity index (χ0n) is 14.7. The molecule has 0 saturated heterocycles. The molecule has 0 unspecified atom stereocenters. The standard InChI is InChI=1S/C23H14N2O3/c26-25(27)20-14-15(19-8-3-4-13-24-19)11-12-16(20)17-7-5-10-22-23(17)18-6-1-2-9-21(18)28-22/h1-14H. The molecule has 28 heavy (non-hydrogen) atoms. The van der Waals surface area contributed by atoms with Crippen molar-refractivity contribution in [2.45, 2.75) is 0 Å². The minimum absolute atomic E-state index is 0.0425. The van der Waals surface area contributed by atoms with Crippen LogP contribution in [0.3, 0.4) is 0 Å². The molecule has 0 N–H and O–H groups in total. The number of nitro benzene ring substituents is 1. The molecule has 2 heterocycles. The molecule has 0 fully saturated rings. The quantitative estimate of drug-likeness (QED) is 0.281. The lowest BCUT2D eigenvalue weighted by Gasteiger charge is -2.07. The van der Waals surface area contributed by atoms with Crippen molar-refractivity contribution in [3.63, 3.8) is 0 Å². The predicted octanol–water partition coefficient (Wildman–Crippen LogP) is 6.22. The van der Waals surface area contributed by atoms with Crippen LogP contribution in [0.15, 0.2) is 89.5 Å². The molecule has 0 saturated carbocycles. The van der Waals surface area contributed by atoms with Crippen molar-refractivity contribution in [2.75, 3.05) is 0 Å². The van der Waals surface area contributed by atoms with Crippen molar-refractivity contribution in [3.8, 4) is 22.4 Å². The van der Waals surface area contributed by atoms with Gasteiger partial charge in [-0.15, -0.1) is 0 Å². The van der Waals surface area contributed by atoms with E-state index in [1.807, 2.05) is 66.7 Å². The fourth-order valence-corrected chi connectivity index (χ4v) is 3.60. The van der Waals surface area contributed by atoms with Gasteiger partial charge in [-0.05, 0) is 30.3 Å². The van der Waals surface area contributed by atoms with E-state index in [9.17, 15) is 10.1 Å². The van der Waals surface area contributed by atoms with E-state index in [0.29, 0.717) is 22.4 Å². The maximum Gasteiger partial charge on any atom is 0.277 e. The highest BCUT2D eigenvalue weighted by Crippen LogP contribution is 2.40. The van der Waals surface area contributed by atoms with Crippen LogP contribution in [0.1, 0.15) is 0 Å². The monoisotopic (exact) mass is 366 g/mol. The summed E-state index contributed by atoms with van der Waals surface area (Å²) in [5, 5.41) is 13.7. The van der Waals surface area contributed by atoms with Crippen LogP contribution in [0, 0.1) is 10.1 Å². The Labute approximate surface area is 160 Å². The molecule has 0 aliphatic heterocycles. The van der Waals surface area contributed by atoms with Crippen molar-refractivity contribution in [1.82, 2.24) is 4.98 Å². The first-order valence-corrected chi connectivity index (χ1v) is 8.83. The third-order valence-corrected chi connectivity index (χ3v) is 4.85. The first-order valence-electron chi connectivity index (χ1n) is 8.83. The SMILES string of the molecule is O=[N+]([O-])c1cc(-c2ccccn2)ccc1-c1cccc2oc3ccccc3c12. The fourth-order valence-electron chi connectivity index (χ4n) is 3.60. The number of pyridine rings is 1. The topological polar surface area (TPSA) is 69.2 Å². The molecular formula is C23H14N2O3. The van der Waals surface area contributed by atoms with Gasteiger partial charge in [0.05, 0.1) is 16.2 Å². The molecule has 5 heteroatoms. The van der Waals surface area contributed by atoms with Crippen LogP contribution in [0.25, 0.3) is 44.3 Å². The minimum atomic E-state index is -0.344. The molecule has 0 aliphatic carbocycles. The summed E-state index contributed by atoms with van der Waals surface area (Å²) in [6.07, 6.45) is 1.67. The zero-order valence-corrected chi connectivity index (χ0v) is 14.7. The van der Waals surface area contributed by atoms with Gasteiger partial charge in [0.2, 0.25) is 0 Å². The van der Waals surface area contributed by atoms with E-state index in [2.05, 4.69) is 4.98 Å². The predicted molar refractivity (Wildman–Crippen MR) is 109 cm³/mol. The van der Waals surface area contributed by atoms with E-state index >= 15 is 0 Å². The van der Waals surface area contributed by atoms with E-state index in [-0.39, 0.29) is 10.6 Å². The molecule has 0 aliphatic rings. The third-order valence-electron chi connectivity index (χ3n) is 4.85. The molecule has 5 rings (SSSR count). The molecule has 0 atom stereocenters. The smallest absolute Gasteiger partial charge is 0.277 e. The molecule has 0 bridgehead atoms. The Morgan fingerprint density at radius 3 is 2.46 bits per heavy atom. The van der Waals surface area contributed by atoms with Crippen molar-refractivity contribution in [3.05, 3.63) is 95.2 Å². The van der Waals surface area contributed by atoms with E-state index in [1.54, 1.807) is 18.3 Å². The van der Waals surface area contributed by atoms with Gasteiger partial charge in [0, 0.05) is 34.2 Å². The summed E-state index contributed by atoms with van der Waals surface area (Å²) in [4.78, 5) is 15.8. The van der Waals surface area contributed by atoms with Gasteiger partial charge >= 0.3 is 0 Å². The first-order chi connectivity index (χ1) is 13.7. The summed E-state index contributed by atoms with van der Waals surface area (Å²) in [5.41, 5.74) is 4.26. The third kappa shape index (κ3) is 2.53. The molecule has 0 radical (unpaired) electrons. The molecule has 3 aromatic carbocycles. The summed E-state index contributed by atoms with van der Waals surface area (Å²) in [7, 11) is 0. The lowest BCUT2D eigenvalue weighted by atomic mass is 9.96. The number of hydrogen-bond acceptors (Lipinski definition) is 4. The van der Waals surface area contributed by atoms with Crippen LogP contribution in [-0.4, -0.2) is 9.91 Å². The van der Waals surface area contributed by atoms with Crippen LogP contribution in [0.4, 0.5) is 5.69 Å². The molecule has 5 nitrogen and oxygen atoms in total. The van der Waals surface area contributed by atoms with Gasteiger partial charge in [-0.25, -0.2) is 0 Å². The highest BCUT2D eigenvalue weighted by molar-refractivity contribution is 6.13. The molecule has 5 aromatic rings. The Balaban J connectivity index is 1.79. The highest BCUT2D eigenvalue weighted by Gasteiger charge is 2.21. The number of hydrogen-bond donors (Lipinski definition) is 0. The van der Waals surface area contributed by atoms with E-state index in [0.717, 1.165) is 21.9 Å². The van der Waals surface area contributed by atoms with Crippen molar-refractivity contribution in [1.29, 1.82) is 0 Å². The Bertz CT molecular complexity index is 1340. The zero-order chi connectivity index (χ0) is 19.1. The van der Waals surface area contributed by atoms with Gasteiger partial charge in [-0.3, -0.25) is 15.1 Å². The number of furan rings is 1. The van der Waals surface area contributed by atoms with E-state index in [1.165, 1.54) is 0 Å². The number of benzene rings is 3. The lowest BCUT2D eigenvalue weighted by molar-refractivity contribution is -0.384. The number of nitrogens with zero attached hydrogens (tertiary/aromatic N) is 2. The Morgan fingerprint density at radius 1 is 0.821 bits per heavy atom. The summed E-state index contributed by atoms with van der Waals surface area (Å²) in [6.45, 7) is 0. The van der Waals surface area contributed by atoms with Crippen LogP contribution in [0.5, 0.6) is 0 Å². The van der Waals surface area contributed by atoms with Crippen LogP contribution >= 0.6 is 0 Å². The van der Waals surface area contributed by atoms with Gasteiger partial charge in [0.15, 0.2) is 0 Å². The van der Waals surface area contributed by atoms with Gasteiger partial charge in [-0.1, -0.05) is 42.5 Å². The number of aromatic nitrogens is 1. The second-order valence-corrected chi connectivity index (χ2v) is 6.48. The van der Waals surface area contributed by atoms with Crippen LogP contribution in [-0.2, 0) is 0 Å². The molecule has 0 amide bonds. The molecular weight excluding hydrogens is 352 g/mol. The molecule has 0 spiro atoms. The summed E-state index contributed by atoms with van der Waals surface area (Å²) >= 11 is 0. The summed E-state index contributed by atoms with van der Waals surface area (Å²) < 4.78 is 5.93. The maximum atomic E-state index is 11.9. The van der Waals surface area contributed by atoms with Crippen LogP contribution in [0.2, 0.25) is 0 Å². The fraction of sp³-hybridized carbons (Fsp3) is 0. The Kier molecular flexibility index (Phi) is 3.66. The maximum absolute atomic E-state index is 11.9. The second kappa shape index (κ2) is 6.32. The average molecular weight is 366 g/mol. The molecule has 134 valence electrons. The van der Waals surface area contributed by atoms with Crippen LogP contribution < -0.4 is 0 Å². The Morgan fingerprint density at radius 2 is 1.64 bits per heavy atom. The number of rotatable bonds is 3. The van der Waals surface area contributed by atoms with Crippen molar-refractivity contribution < 1.29 is 9.34 Å². The second-order valence-electron chi connectivity index (χ2n) is 6.48. The van der Waals surface area contributed by atoms with Gasteiger partial charge in [0.1, 0.15) is 11.2 Å². The molecule has 2 aromatic heterocycles. The Hall–Kier alpha value is -3.99. The van der Waals surface area contributed by atoms with Gasteiger partial charge in [-0.2, -0.15) is 0 Å². The summed E-state index contributed by atoms with van der Waals surface area (Å²) in [6, 6.07) is 24.1. The normalized spacial score (nSPS) is 11.1. The van der Waals surface area contributed by atoms with E-state index in [4.69, 9.17) is 4.42 Å². The van der Waals surface area contributed by atoms with Gasteiger partial charge in [0.25, 0.3) is 5.69 Å². The highest BCUT2D eigenvalue weighted by atomic mass is 16.6. The number of nitro groups is 1. The summed E-state index contributed by atoms with van der Waals surface area (Å²) in [5.74, 6) is 0. The average Bonchev–Trinajstić information content (AvgIpc) is 3.13. The first kappa shape index (κ1) is 16.2.